The molecule has 0 fully saturated rings. The zero-order chi connectivity index (χ0) is 16.5. The molecule has 0 aromatic heterocycles. The average molecular weight is 313 g/mol. The van der Waals surface area contributed by atoms with E-state index in [0.29, 0.717) is 26.2 Å². The maximum atomic E-state index is 11.7. The van der Waals surface area contributed by atoms with Gasteiger partial charge < -0.3 is 14.8 Å². The molecule has 23 heavy (non-hydrogen) atoms. The van der Waals surface area contributed by atoms with E-state index in [1.54, 1.807) is 0 Å². The topological polar surface area (TPSA) is 47.6 Å². The number of carbonyl (C=O) groups is 1. The molecule has 0 unspecified atom stereocenters. The van der Waals surface area contributed by atoms with E-state index in [4.69, 9.17) is 9.47 Å². The number of rotatable bonds is 8. The second-order valence-electron chi connectivity index (χ2n) is 5.33. The lowest BCUT2D eigenvalue weighted by Crippen LogP contribution is -2.29. The molecule has 0 aliphatic carbocycles. The van der Waals surface area contributed by atoms with Gasteiger partial charge in [0.15, 0.2) is 0 Å². The minimum absolute atomic E-state index is 0.0361. The molecular formula is C19H23NO3. The molecule has 2 rings (SSSR count). The first-order valence-corrected chi connectivity index (χ1v) is 7.80. The first-order valence-electron chi connectivity index (χ1n) is 7.80. The fourth-order valence-electron chi connectivity index (χ4n) is 2.24. The molecule has 4 nitrogen and oxygen atoms in total. The number of carbonyl (C=O) groups excluding carboxylic acids is 1. The van der Waals surface area contributed by atoms with Crippen LogP contribution in [0.2, 0.25) is 0 Å². The molecule has 2 aromatic rings. The van der Waals surface area contributed by atoms with Crippen molar-refractivity contribution in [2.45, 2.75) is 20.3 Å². The van der Waals surface area contributed by atoms with E-state index in [1.807, 2.05) is 62.4 Å². The zero-order valence-electron chi connectivity index (χ0n) is 13.7. The van der Waals surface area contributed by atoms with Gasteiger partial charge in [-0.25, -0.2) is 0 Å². The van der Waals surface area contributed by atoms with E-state index in [2.05, 4.69) is 5.32 Å². The van der Waals surface area contributed by atoms with Crippen molar-refractivity contribution in [2.75, 3.05) is 19.8 Å². The van der Waals surface area contributed by atoms with Crippen LogP contribution in [0.4, 0.5) is 0 Å². The molecule has 2 aromatic carbocycles. The van der Waals surface area contributed by atoms with E-state index in [0.717, 1.165) is 22.6 Å². The average Bonchev–Trinajstić information content (AvgIpc) is 2.55. The Morgan fingerprint density at radius 2 is 1.61 bits per heavy atom. The van der Waals surface area contributed by atoms with Crippen molar-refractivity contribution in [2.24, 2.45) is 0 Å². The summed E-state index contributed by atoms with van der Waals surface area (Å²) in [5, 5.41) is 2.83. The highest BCUT2D eigenvalue weighted by Crippen LogP contribution is 2.21. The van der Waals surface area contributed by atoms with Crippen molar-refractivity contribution in [3.63, 3.8) is 0 Å². The predicted octanol–water partition coefficient (Wildman–Crippen LogP) is 3.27. The summed E-state index contributed by atoms with van der Waals surface area (Å²) in [5.41, 5.74) is 2.21. The second-order valence-corrected chi connectivity index (χ2v) is 5.33. The molecule has 0 spiro atoms. The van der Waals surface area contributed by atoms with Crippen LogP contribution < -0.4 is 14.8 Å². The quantitative estimate of drug-likeness (QED) is 0.761. The molecule has 0 saturated carbocycles. The van der Waals surface area contributed by atoms with Gasteiger partial charge in [-0.1, -0.05) is 36.4 Å². The molecule has 122 valence electrons. The minimum Gasteiger partial charge on any atom is -0.493 e. The van der Waals surface area contributed by atoms with Crippen molar-refractivity contribution >= 4 is 5.91 Å². The van der Waals surface area contributed by atoms with Crippen LogP contribution in [0.3, 0.4) is 0 Å². The molecule has 0 heterocycles. The Morgan fingerprint density at radius 1 is 0.913 bits per heavy atom. The van der Waals surface area contributed by atoms with E-state index < -0.39 is 0 Å². The molecule has 1 amide bonds. The van der Waals surface area contributed by atoms with E-state index in [1.165, 1.54) is 0 Å². The molecular weight excluding hydrogens is 290 g/mol. The number of amides is 1. The van der Waals surface area contributed by atoms with Crippen LogP contribution in [-0.4, -0.2) is 25.7 Å². The first-order chi connectivity index (χ1) is 11.2. The molecule has 0 saturated heterocycles. The number of para-hydroxylation sites is 2. The van der Waals surface area contributed by atoms with Crippen LogP contribution >= 0.6 is 0 Å². The smallest absolute Gasteiger partial charge is 0.223 e. The highest BCUT2D eigenvalue weighted by Gasteiger charge is 2.04. The van der Waals surface area contributed by atoms with Crippen molar-refractivity contribution < 1.29 is 14.3 Å². The van der Waals surface area contributed by atoms with Gasteiger partial charge in [0.2, 0.25) is 5.91 Å². The maximum Gasteiger partial charge on any atom is 0.223 e. The van der Waals surface area contributed by atoms with Crippen LogP contribution in [0.15, 0.2) is 48.5 Å². The van der Waals surface area contributed by atoms with E-state index in [9.17, 15) is 4.79 Å². The molecule has 1 N–H and O–H groups in total. The van der Waals surface area contributed by atoms with Gasteiger partial charge in [0.1, 0.15) is 18.1 Å². The van der Waals surface area contributed by atoms with Crippen molar-refractivity contribution in [3.8, 4) is 11.5 Å². The Labute approximate surface area is 137 Å². The minimum atomic E-state index is -0.0361. The van der Waals surface area contributed by atoms with Crippen molar-refractivity contribution in [3.05, 3.63) is 59.7 Å². The SMILES string of the molecule is Cc1cccc(C)c1OCCNC(=O)CCOc1ccccc1. The zero-order valence-corrected chi connectivity index (χ0v) is 13.7. The van der Waals surface area contributed by atoms with Crippen LogP contribution in [0.5, 0.6) is 11.5 Å². The highest BCUT2D eigenvalue weighted by molar-refractivity contribution is 5.75. The summed E-state index contributed by atoms with van der Waals surface area (Å²) in [7, 11) is 0. The maximum absolute atomic E-state index is 11.7. The Morgan fingerprint density at radius 3 is 2.30 bits per heavy atom. The summed E-state index contributed by atoms with van der Waals surface area (Å²) in [6, 6.07) is 15.5. The van der Waals surface area contributed by atoms with Crippen LogP contribution in [0.1, 0.15) is 17.5 Å². The van der Waals surface area contributed by atoms with Gasteiger partial charge in [0, 0.05) is 0 Å². The normalized spacial score (nSPS) is 10.2. The lowest BCUT2D eigenvalue weighted by molar-refractivity contribution is -0.121. The lowest BCUT2D eigenvalue weighted by Gasteiger charge is -2.12. The fraction of sp³-hybridized carbons (Fsp3) is 0.316. The summed E-state index contributed by atoms with van der Waals surface area (Å²) < 4.78 is 11.2. The van der Waals surface area contributed by atoms with Crippen molar-refractivity contribution in [1.82, 2.24) is 5.32 Å². The molecule has 0 aliphatic heterocycles. The Kier molecular flexibility index (Phi) is 6.48. The summed E-state index contributed by atoms with van der Waals surface area (Å²) in [6.07, 6.45) is 0.332. The number of nitrogens with one attached hydrogen (secondary N) is 1. The summed E-state index contributed by atoms with van der Waals surface area (Å²) in [5.74, 6) is 1.64. The lowest BCUT2D eigenvalue weighted by atomic mass is 10.1. The summed E-state index contributed by atoms with van der Waals surface area (Å²) in [6.45, 7) is 5.34. The van der Waals surface area contributed by atoms with Crippen LogP contribution in [0, 0.1) is 13.8 Å². The van der Waals surface area contributed by atoms with Crippen LogP contribution in [-0.2, 0) is 4.79 Å². The third kappa shape index (κ3) is 5.66. The number of hydrogen-bond acceptors (Lipinski definition) is 3. The highest BCUT2D eigenvalue weighted by atomic mass is 16.5. The Balaban J connectivity index is 1.61. The summed E-state index contributed by atoms with van der Waals surface area (Å²) >= 11 is 0. The van der Waals surface area contributed by atoms with E-state index in [-0.39, 0.29) is 5.91 Å². The number of aryl methyl sites for hydroxylation is 2. The fourth-order valence-corrected chi connectivity index (χ4v) is 2.24. The number of ether oxygens (including phenoxy) is 2. The Hall–Kier alpha value is -2.49. The third-order valence-corrected chi connectivity index (χ3v) is 3.42. The van der Waals surface area contributed by atoms with Crippen LogP contribution in [0.25, 0.3) is 0 Å². The van der Waals surface area contributed by atoms with E-state index >= 15 is 0 Å². The molecule has 4 heteroatoms. The molecule has 0 bridgehead atoms. The molecule has 0 aliphatic rings. The van der Waals surface area contributed by atoms with Gasteiger partial charge in [-0.15, -0.1) is 0 Å². The van der Waals surface area contributed by atoms with Gasteiger partial charge in [0.25, 0.3) is 0 Å². The monoisotopic (exact) mass is 313 g/mol. The van der Waals surface area contributed by atoms with Gasteiger partial charge in [-0.3, -0.25) is 4.79 Å². The van der Waals surface area contributed by atoms with Crippen molar-refractivity contribution in [1.29, 1.82) is 0 Å². The van der Waals surface area contributed by atoms with Gasteiger partial charge in [-0.2, -0.15) is 0 Å². The number of hydrogen-bond donors (Lipinski definition) is 1. The van der Waals surface area contributed by atoms with Gasteiger partial charge in [0.05, 0.1) is 19.6 Å². The predicted molar refractivity (Wildman–Crippen MR) is 91.0 cm³/mol. The Bertz CT molecular complexity index is 606. The summed E-state index contributed by atoms with van der Waals surface area (Å²) in [4.78, 5) is 11.7. The second kappa shape index (κ2) is 8.83. The number of benzene rings is 2. The van der Waals surface area contributed by atoms with Gasteiger partial charge in [-0.05, 0) is 37.1 Å². The van der Waals surface area contributed by atoms with Gasteiger partial charge >= 0.3 is 0 Å². The third-order valence-electron chi connectivity index (χ3n) is 3.42. The standard InChI is InChI=1S/C19H23NO3/c1-15-7-6-8-16(2)19(15)23-14-12-20-18(21)11-13-22-17-9-4-3-5-10-17/h3-10H,11-14H2,1-2H3,(H,20,21). The molecule has 0 radical (unpaired) electrons. The largest absolute Gasteiger partial charge is 0.493 e. The molecule has 0 atom stereocenters. The first kappa shape index (κ1) is 16.9.